The van der Waals surface area contributed by atoms with Gasteiger partial charge in [-0.1, -0.05) is 31.5 Å². The molecule has 0 bridgehead atoms. The first kappa shape index (κ1) is 16.3. The van der Waals surface area contributed by atoms with E-state index < -0.39 is 0 Å². The van der Waals surface area contributed by atoms with Crippen LogP contribution in [0.5, 0.6) is 0 Å². The van der Waals surface area contributed by atoms with E-state index in [-0.39, 0.29) is 5.91 Å². The first-order chi connectivity index (χ1) is 9.85. The van der Waals surface area contributed by atoms with E-state index in [1.54, 1.807) is 0 Å². The number of rotatable bonds is 3. The fourth-order valence-corrected chi connectivity index (χ4v) is 3.92. The number of carbonyl (C=O) groups is 1. The van der Waals surface area contributed by atoms with Gasteiger partial charge in [-0.05, 0) is 37.5 Å². The maximum Gasteiger partial charge on any atom is 0.279 e. The molecule has 0 aromatic heterocycles. The van der Waals surface area contributed by atoms with E-state index in [1.807, 2.05) is 26.0 Å². The predicted molar refractivity (Wildman–Crippen MR) is 88.1 cm³/mol. The summed E-state index contributed by atoms with van der Waals surface area (Å²) in [5, 5.41) is 3.61. The van der Waals surface area contributed by atoms with Crippen LogP contribution in [0.1, 0.15) is 31.4 Å². The van der Waals surface area contributed by atoms with Gasteiger partial charge in [-0.3, -0.25) is 4.79 Å². The van der Waals surface area contributed by atoms with Crippen molar-refractivity contribution < 1.29 is 9.69 Å². The van der Waals surface area contributed by atoms with Crippen LogP contribution in [0.25, 0.3) is 0 Å². The van der Waals surface area contributed by atoms with Crippen molar-refractivity contribution in [3.05, 3.63) is 28.3 Å². The Hall–Kier alpha value is -1.06. The highest BCUT2D eigenvalue weighted by Crippen LogP contribution is 2.27. The van der Waals surface area contributed by atoms with Crippen molar-refractivity contribution in [2.75, 3.05) is 25.0 Å². The topological polar surface area (TPSA) is 33.5 Å². The molecular weight excluding hydrogens is 284 g/mol. The van der Waals surface area contributed by atoms with E-state index in [0.29, 0.717) is 23.4 Å². The van der Waals surface area contributed by atoms with Crippen LogP contribution in [0.2, 0.25) is 5.02 Å². The lowest BCUT2D eigenvalue weighted by Gasteiger charge is -2.31. The van der Waals surface area contributed by atoms with Gasteiger partial charge >= 0.3 is 0 Å². The Bertz CT molecular complexity index is 497. The lowest BCUT2D eigenvalue weighted by atomic mass is 9.92. The zero-order valence-corrected chi connectivity index (χ0v) is 14.2. The molecule has 0 unspecified atom stereocenters. The minimum Gasteiger partial charge on any atom is -0.327 e. The van der Waals surface area contributed by atoms with Crippen LogP contribution >= 0.6 is 11.6 Å². The molecule has 1 aliphatic heterocycles. The highest BCUT2D eigenvalue weighted by Gasteiger charge is 2.26. The van der Waals surface area contributed by atoms with E-state index in [9.17, 15) is 4.79 Å². The molecule has 2 rings (SSSR count). The molecule has 1 fully saturated rings. The summed E-state index contributed by atoms with van der Waals surface area (Å²) in [7, 11) is 0. The largest absolute Gasteiger partial charge is 0.327 e. The normalized spacial score (nSPS) is 25.7. The molecule has 1 heterocycles. The molecule has 0 spiro atoms. The van der Waals surface area contributed by atoms with Crippen LogP contribution in [0.4, 0.5) is 5.69 Å². The van der Waals surface area contributed by atoms with Crippen molar-refractivity contribution in [3.8, 4) is 0 Å². The lowest BCUT2D eigenvalue weighted by molar-refractivity contribution is -0.904. The van der Waals surface area contributed by atoms with Crippen LogP contribution in [0, 0.1) is 25.7 Å². The molecule has 1 aromatic rings. The third-order valence-corrected chi connectivity index (χ3v) is 4.48. The van der Waals surface area contributed by atoms with Gasteiger partial charge in [-0.25, -0.2) is 0 Å². The third-order valence-electron chi connectivity index (χ3n) is 4.19. The maximum atomic E-state index is 12.3. The Morgan fingerprint density at radius 2 is 1.90 bits per heavy atom. The third kappa shape index (κ3) is 4.45. The number of hydrogen-bond donors (Lipinski definition) is 2. The number of anilines is 1. The Kier molecular flexibility index (Phi) is 5.28. The molecule has 1 saturated heterocycles. The van der Waals surface area contributed by atoms with Gasteiger partial charge in [0.05, 0.1) is 23.8 Å². The molecule has 4 heteroatoms. The number of piperidine rings is 1. The summed E-state index contributed by atoms with van der Waals surface area (Å²) >= 11 is 6.25. The average Bonchev–Trinajstić information content (AvgIpc) is 2.32. The summed E-state index contributed by atoms with van der Waals surface area (Å²) in [5.74, 6) is 1.45. The Morgan fingerprint density at radius 1 is 1.29 bits per heavy atom. The summed E-state index contributed by atoms with van der Waals surface area (Å²) in [6.07, 6.45) is 1.27. The highest BCUT2D eigenvalue weighted by atomic mass is 35.5. The van der Waals surface area contributed by atoms with Gasteiger partial charge in [-0.2, -0.15) is 0 Å². The van der Waals surface area contributed by atoms with Gasteiger partial charge in [0, 0.05) is 11.8 Å². The van der Waals surface area contributed by atoms with E-state index in [2.05, 4.69) is 19.2 Å². The van der Waals surface area contributed by atoms with Crippen LogP contribution in [-0.2, 0) is 4.79 Å². The standard InChI is InChI=1S/C17H25ClN2O/c1-11-6-14(4)17(15(18)7-11)19-16(21)10-20-8-12(2)5-13(3)9-20/h6-7,12-13H,5,8-10H2,1-4H3,(H,19,21)/p+1/t12-,13-/m1/s1. The van der Waals surface area contributed by atoms with Crippen molar-refractivity contribution in [1.82, 2.24) is 0 Å². The van der Waals surface area contributed by atoms with Gasteiger partial charge in [0.25, 0.3) is 5.91 Å². The van der Waals surface area contributed by atoms with Crippen molar-refractivity contribution in [1.29, 1.82) is 0 Å². The summed E-state index contributed by atoms with van der Waals surface area (Å²) in [4.78, 5) is 13.7. The smallest absolute Gasteiger partial charge is 0.279 e. The van der Waals surface area contributed by atoms with Crippen molar-refractivity contribution in [2.45, 2.75) is 34.1 Å². The quantitative estimate of drug-likeness (QED) is 0.883. The second-order valence-corrected chi connectivity index (χ2v) is 7.18. The van der Waals surface area contributed by atoms with Gasteiger partial charge in [0.15, 0.2) is 6.54 Å². The van der Waals surface area contributed by atoms with Gasteiger partial charge in [0.2, 0.25) is 0 Å². The number of hydrogen-bond acceptors (Lipinski definition) is 1. The Morgan fingerprint density at radius 3 is 2.48 bits per heavy atom. The number of carbonyl (C=O) groups excluding carboxylic acids is 1. The molecule has 0 radical (unpaired) electrons. The second-order valence-electron chi connectivity index (χ2n) is 6.77. The zero-order chi connectivity index (χ0) is 15.6. The number of nitrogens with one attached hydrogen (secondary N) is 2. The summed E-state index contributed by atoms with van der Waals surface area (Å²) < 4.78 is 0. The van der Waals surface area contributed by atoms with Crippen molar-refractivity contribution >= 4 is 23.2 Å². The first-order valence-corrected chi connectivity index (χ1v) is 8.13. The number of quaternary nitrogens is 1. The maximum absolute atomic E-state index is 12.3. The van der Waals surface area contributed by atoms with Gasteiger partial charge in [0.1, 0.15) is 0 Å². The van der Waals surface area contributed by atoms with Crippen molar-refractivity contribution in [3.63, 3.8) is 0 Å². The number of aryl methyl sites for hydroxylation is 2. The summed E-state index contributed by atoms with van der Waals surface area (Å²) in [6.45, 7) is 11.2. The van der Waals surface area contributed by atoms with Gasteiger partial charge < -0.3 is 10.2 Å². The second kappa shape index (κ2) is 6.80. The van der Waals surface area contributed by atoms with Crippen LogP contribution in [-0.4, -0.2) is 25.5 Å². The van der Waals surface area contributed by atoms with Crippen LogP contribution < -0.4 is 10.2 Å². The fourth-order valence-electron chi connectivity index (χ4n) is 3.55. The molecular formula is C17H26ClN2O+. The summed E-state index contributed by atoms with van der Waals surface area (Å²) in [5.41, 5.74) is 2.88. The van der Waals surface area contributed by atoms with Gasteiger partial charge in [-0.15, -0.1) is 0 Å². The monoisotopic (exact) mass is 309 g/mol. The van der Waals surface area contributed by atoms with Crippen LogP contribution in [0.15, 0.2) is 12.1 Å². The van der Waals surface area contributed by atoms with Crippen LogP contribution in [0.3, 0.4) is 0 Å². The van der Waals surface area contributed by atoms with E-state index in [4.69, 9.17) is 11.6 Å². The van der Waals surface area contributed by atoms with E-state index in [0.717, 1.165) is 29.9 Å². The SMILES string of the molecule is Cc1cc(C)c(NC(=O)C[NH+]2C[C@H](C)C[C@@H](C)C2)c(Cl)c1. The predicted octanol–water partition coefficient (Wildman–Crippen LogP) is 2.46. The minimum atomic E-state index is 0.0557. The average molecular weight is 310 g/mol. The number of benzene rings is 1. The number of likely N-dealkylation sites (tertiary alicyclic amines) is 1. The van der Waals surface area contributed by atoms with Crippen molar-refractivity contribution in [2.24, 2.45) is 11.8 Å². The molecule has 0 aliphatic carbocycles. The van der Waals surface area contributed by atoms with E-state index >= 15 is 0 Å². The molecule has 0 saturated carbocycles. The Balaban J connectivity index is 1.99. The molecule has 116 valence electrons. The first-order valence-electron chi connectivity index (χ1n) is 7.75. The Labute approximate surface area is 132 Å². The fraction of sp³-hybridized carbons (Fsp3) is 0.588. The number of amides is 1. The summed E-state index contributed by atoms with van der Waals surface area (Å²) in [6, 6.07) is 3.93. The molecule has 1 aliphatic rings. The zero-order valence-electron chi connectivity index (χ0n) is 13.4. The lowest BCUT2D eigenvalue weighted by Crippen LogP contribution is -3.15. The molecule has 21 heavy (non-hydrogen) atoms. The number of halogens is 1. The van der Waals surface area contributed by atoms with E-state index in [1.165, 1.54) is 11.3 Å². The molecule has 2 N–H and O–H groups in total. The molecule has 1 amide bonds. The molecule has 1 aromatic carbocycles. The highest BCUT2D eigenvalue weighted by molar-refractivity contribution is 6.34. The molecule has 3 nitrogen and oxygen atoms in total. The minimum absolute atomic E-state index is 0.0557. The molecule has 2 atom stereocenters.